The van der Waals surface area contributed by atoms with Gasteiger partial charge in [0.1, 0.15) is 5.01 Å². The molecule has 5 heteroatoms. The van der Waals surface area contributed by atoms with Gasteiger partial charge in [0.15, 0.2) is 0 Å². The third kappa shape index (κ3) is 3.90. The van der Waals surface area contributed by atoms with Crippen molar-refractivity contribution >= 4 is 11.3 Å². The molecule has 2 heterocycles. The molecule has 0 aliphatic carbocycles. The van der Waals surface area contributed by atoms with E-state index in [1.807, 2.05) is 11.6 Å². The maximum atomic E-state index is 4.66. The number of rotatable bonds is 5. The van der Waals surface area contributed by atoms with E-state index in [1.54, 1.807) is 11.3 Å². The third-order valence-corrected chi connectivity index (χ3v) is 4.09. The average Bonchev–Trinajstić information content (AvgIpc) is 2.92. The number of hydrogen-bond donors (Lipinski definition) is 1. The topological polar surface area (TPSA) is 42.7 Å². The Morgan fingerprint density at radius 3 is 2.65 bits per heavy atom. The van der Waals surface area contributed by atoms with Crippen molar-refractivity contribution in [1.29, 1.82) is 0 Å². The van der Waals surface area contributed by atoms with Crippen LogP contribution in [0.15, 0.2) is 11.6 Å². The largest absolute Gasteiger partial charge is 0.312 e. The normalized spacial score (nSPS) is 12.1. The van der Waals surface area contributed by atoms with Crippen LogP contribution in [0.25, 0.3) is 0 Å². The van der Waals surface area contributed by atoms with Gasteiger partial charge >= 0.3 is 0 Å². The molecule has 0 saturated carbocycles. The van der Waals surface area contributed by atoms with Crippen molar-refractivity contribution in [1.82, 2.24) is 20.1 Å². The quantitative estimate of drug-likeness (QED) is 0.921. The summed E-state index contributed by atoms with van der Waals surface area (Å²) in [6, 6.07) is 0. The first kappa shape index (κ1) is 15.2. The summed E-state index contributed by atoms with van der Waals surface area (Å²) >= 11 is 1.68. The fourth-order valence-corrected chi connectivity index (χ4v) is 2.87. The minimum Gasteiger partial charge on any atom is -0.312 e. The SMILES string of the molecule is Cc1nn(Cc2nccs2)c(C)c1CCNC(C)(C)C. The van der Waals surface area contributed by atoms with Gasteiger partial charge in [-0.2, -0.15) is 5.10 Å². The van der Waals surface area contributed by atoms with E-state index in [4.69, 9.17) is 0 Å². The minimum absolute atomic E-state index is 0.165. The van der Waals surface area contributed by atoms with Crippen molar-refractivity contribution in [2.24, 2.45) is 0 Å². The molecule has 0 amide bonds. The lowest BCUT2D eigenvalue weighted by Crippen LogP contribution is -2.37. The predicted octanol–water partition coefficient (Wildman–Crippen LogP) is 2.94. The molecule has 2 aromatic heterocycles. The zero-order chi connectivity index (χ0) is 14.8. The van der Waals surface area contributed by atoms with Crippen LogP contribution in [0.1, 0.15) is 42.7 Å². The number of aryl methyl sites for hydroxylation is 1. The smallest absolute Gasteiger partial charge is 0.114 e. The van der Waals surface area contributed by atoms with Crippen molar-refractivity contribution in [2.75, 3.05) is 6.54 Å². The molecular formula is C15H24N4S. The Labute approximate surface area is 125 Å². The van der Waals surface area contributed by atoms with E-state index in [9.17, 15) is 0 Å². The third-order valence-electron chi connectivity index (χ3n) is 3.33. The summed E-state index contributed by atoms with van der Waals surface area (Å²) in [6.07, 6.45) is 2.87. The van der Waals surface area contributed by atoms with Gasteiger partial charge in [-0.1, -0.05) is 0 Å². The molecular weight excluding hydrogens is 268 g/mol. The molecule has 0 bridgehead atoms. The lowest BCUT2D eigenvalue weighted by Gasteiger charge is -2.20. The van der Waals surface area contributed by atoms with E-state index in [2.05, 4.69) is 54.7 Å². The summed E-state index contributed by atoms with van der Waals surface area (Å²) in [5.41, 5.74) is 3.92. The van der Waals surface area contributed by atoms with E-state index in [0.29, 0.717) is 0 Å². The molecule has 0 radical (unpaired) electrons. The van der Waals surface area contributed by atoms with Crippen molar-refractivity contribution < 1.29 is 0 Å². The molecule has 0 unspecified atom stereocenters. The Kier molecular flexibility index (Phi) is 4.60. The molecule has 0 aliphatic rings. The van der Waals surface area contributed by atoms with Crippen molar-refractivity contribution in [3.8, 4) is 0 Å². The van der Waals surface area contributed by atoms with E-state index in [1.165, 1.54) is 11.3 Å². The van der Waals surface area contributed by atoms with Crippen LogP contribution in [0.3, 0.4) is 0 Å². The van der Waals surface area contributed by atoms with Gasteiger partial charge in [0.25, 0.3) is 0 Å². The molecule has 4 nitrogen and oxygen atoms in total. The minimum atomic E-state index is 0.165. The average molecular weight is 292 g/mol. The summed E-state index contributed by atoms with van der Waals surface area (Å²) in [7, 11) is 0. The summed E-state index contributed by atoms with van der Waals surface area (Å²) in [4.78, 5) is 4.33. The van der Waals surface area contributed by atoms with Crippen LogP contribution in [-0.4, -0.2) is 26.8 Å². The molecule has 2 aromatic rings. The Morgan fingerprint density at radius 2 is 2.05 bits per heavy atom. The van der Waals surface area contributed by atoms with E-state index in [0.717, 1.165) is 30.2 Å². The number of hydrogen-bond acceptors (Lipinski definition) is 4. The highest BCUT2D eigenvalue weighted by molar-refractivity contribution is 7.09. The molecule has 2 rings (SSSR count). The maximum Gasteiger partial charge on any atom is 0.114 e. The zero-order valence-corrected chi connectivity index (χ0v) is 13.8. The second-order valence-corrected chi connectivity index (χ2v) is 7.14. The first-order valence-corrected chi connectivity index (χ1v) is 7.91. The van der Waals surface area contributed by atoms with E-state index in [-0.39, 0.29) is 5.54 Å². The fraction of sp³-hybridized carbons (Fsp3) is 0.600. The Morgan fingerprint density at radius 1 is 1.30 bits per heavy atom. The standard InChI is InChI=1S/C15H24N4S/c1-11-13(6-7-17-15(3,4)5)12(2)19(18-11)10-14-16-8-9-20-14/h8-9,17H,6-7,10H2,1-5H3. The molecule has 0 aromatic carbocycles. The van der Waals surface area contributed by atoms with E-state index < -0.39 is 0 Å². The van der Waals surface area contributed by atoms with Crippen LogP contribution >= 0.6 is 11.3 Å². The number of nitrogens with zero attached hydrogens (tertiary/aromatic N) is 3. The van der Waals surface area contributed by atoms with Gasteiger partial charge in [0.2, 0.25) is 0 Å². The van der Waals surface area contributed by atoms with Gasteiger partial charge in [-0.15, -0.1) is 11.3 Å². The van der Waals surface area contributed by atoms with Crippen LogP contribution in [0.5, 0.6) is 0 Å². The Balaban J connectivity index is 2.05. The van der Waals surface area contributed by atoms with Crippen LogP contribution < -0.4 is 5.32 Å². The molecule has 0 saturated heterocycles. The number of aromatic nitrogens is 3. The molecule has 0 aliphatic heterocycles. The number of thiazole rings is 1. The molecule has 110 valence electrons. The van der Waals surface area contributed by atoms with Gasteiger partial charge < -0.3 is 5.32 Å². The molecule has 0 atom stereocenters. The molecule has 0 fully saturated rings. The van der Waals surface area contributed by atoms with Gasteiger partial charge in [-0.25, -0.2) is 4.98 Å². The van der Waals surface area contributed by atoms with Crippen LogP contribution in [0, 0.1) is 13.8 Å². The van der Waals surface area contributed by atoms with Gasteiger partial charge in [0, 0.05) is 22.8 Å². The lowest BCUT2D eigenvalue weighted by molar-refractivity contribution is 0.429. The van der Waals surface area contributed by atoms with Crippen molar-refractivity contribution in [3.63, 3.8) is 0 Å². The van der Waals surface area contributed by atoms with E-state index >= 15 is 0 Å². The maximum absolute atomic E-state index is 4.66. The highest BCUT2D eigenvalue weighted by Crippen LogP contribution is 2.16. The highest BCUT2D eigenvalue weighted by Gasteiger charge is 2.14. The first-order valence-electron chi connectivity index (χ1n) is 7.03. The second-order valence-electron chi connectivity index (χ2n) is 6.16. The lowest BCUT2D eigenvalue weighted by atomic mass is 10.1. The summed E-state index contributed by atoms with van der Waals surface area (Å²) in [6.45, 7) is 12.6. The van der Waals surface area contributed by atoms with Crippen LogP contribution in [-0.2, 0) is 13.0 Å². The highest BCUT2D eigenvalue weighted by atomic mass is 32.1. The second kappa shape index (κ2) is 6.06. The summed E-state index contributed by atoms with van der Waals surface area (Å²) < 4.78 is 2.07. The number of nitrogens with one attached hydrogen (secondary N) is 1. The van der Waals surface area contributed by atoms with Crippen LogP contribution in [0.4, 0.5) is 0 Å². The first-order chi connectivity index (χ1) is 9.37. The van der Waals surface area contributed by atoms with Gasteiger partial charge in [-0.05, 0) is 53.1 Å². The zero-order valence-electron chi connectivity index (χ0n) is 13.0. The van der Waals surface area contributed by atoms with Gasteiger partial charge in [-0.3, -0.25) is 4.68 Å². The van der Waals surface area contributed by atoms with Gasteiger partial charge in [0.05, 0.1) is 12.2 Å². The molecule has 0 spiro atoms. The monoisotopic (exact) mass is 292 g/mol. The summed E-state index contributed by atoms with van der Waals surface area (Å²) in [5, 5.41) is 11.3. The molecule has 20 heavy (non-hydrogen) atoms. The summed E-state index contributed by atoms with van der Waals surface area (Å²) in [5.74, 6) is 0. The fourth-order valence-electron chi connectivity index (χ4n) is 2.27. The predicted molar refractivity (Wildman–Crippen MR) is 84.4 cm³/mol. The van der Waals surface area contributed by atoms with Crippen molar-refractivity contribution in [3.05, 3.63) is 33.5 Å². The molecule has 1 N–H and O–H groups in total. The van der Waals surface area contributed by atoms with Crippen molar-refractivity contribution in [2.45, 2.75) is 53.1 Å². The van der Waals surface area contributed by atoms with Crippen LogP contribution in [0.2, 0.25) is 0 Å². The Bertz CT molecular complexity index is 549. The Hall–Kier alpha value is -1.20.